The highest BCUT2D eigenvalue weighted by atomic mass is 35.5. The molecule has 1 heterocycles. The maximum atomic E-state index is 5.81. The van der Waals surface area contributed by atoms with Gasteiger partial charge in [0.1, 0.15) is 0 Å². The molecule has 0 bridgehead atoms. The number of pyridine rings is 1. The maximum Gasteiger partial charge on any atom is 0.0589 e. The van der Waals surface area contributed by atoms with Crippen LogP contribution in [0.25, 0.3) is 0 Å². The molecule has 1 atom stereocenters. The van der Waals surface area contributed by atoms with Crippen LogP contribution >= 0.6 is 11.6 Å². The molecule has 1 aromatic heterocycles. The molecule has 1 N–H and O–H groups in total. The fraction of sp³-hybridized carbons (Fsp3) is 0.615. The van der Waals surface area contributed by atoms with Gasteiger partial charge in [0.05, 0.1) is 5.02 Å². The maximum absolute atomic E-state index is 5.81. The number of hydrogen-bond donors (Lipinski definition) is 1. The second-order valence-corrected chi connectivity index (χ2v) is 4.55. The van der Waals surface area contributed by atoms with Crippen molar-refractivity contribution < 1.29 is 0 Å². The third-order valence-electron chi connectivity index (χ3n) is 2.56. The fourth-order valence-corrected chi connectivity index (χ4v) is 1.86. The summed E-state index contributed by atoms with van der Waals surface area (Å²) in [5.41, 5.74) is 1.12. The molecular weight excluding hydrogens is 220 g/mol. The van der Waals surface area contributed by atoms with Crippen molar-refractivity contribution in [2.24, 2.45) is 0 Å². The van der Waals surface area contributed by atoms with Crippen LogP contribution in [0.1, 0.15) is 38.8 Å². The van der Waals surface area contributed by atoms with Gasteiger partial charge in [0.25, 0.3) is 0 Å². The van der Waals surface area contributed by atoms with Gasteiger partial charge in [-0.2, -0.15) is 0 Å². The van der Waals surface area contributed by atoms with E-state index in [1.54, 1.807) is 6.20 Å². The van der Waals surface area contributed by atoms with Crippen LogP contribution in [0.3, 0.4) is 0 Å². The smallest absolute Gasteiger partial charge is 0.0589 e. The molecule has 1 rings (SSSR count). The fourth-order valence-electron chi connectivity index (χ4n) is 1.75. The number of rotatable bonds is 7. The zero-order valence-electron chi connectivity index (χ0n) is 10.2. The molecule has 3 heteroatoms. The Bertz CT molecular complexity index is 284. The quantitative estimate of drug-likeness (QED) is 0.790. The van der Waals surface area contributed by atoms with Crippen molar-refractivity contribution in [3.63, 3.8) is 0 Å². The predicted octanol–water partition coefficient (Wildman–Crippen LogP) is 3.45. The van der Waals surface area contributed by atoms with Gasteiger partial charge in [0, 0.05) is 24.4 Å². The summed E-state index contributed by atoms with van der Waals surface area (Å²) in [7, 11) is 0. The number of nitrogens with one attached hydrogen (secondary N) is 1. The zero-order chi connectivity index (χ0) is 11.8. The average Bonchev–Trinajstić information content (AvgIpc) is 2.29. The molecule has 0 saturated heterocycles. The average molecular weight is 241 g/mol. The van der Waals surface area contributed by atoms with Gasteiger partial charge in [0.2, 0.25) is 0 Å². The molecule has 16 heavy (non-hydrogen) atoms. The molecule has 1 unspecified atom stereocenters. The van der Waals surface area contributed by atoms with Crippen molar-refractivity contribution >= 4 is 11.6 Å². The summed E-state index contributed by atoms with van der Waals surface area (Å²) in [5, 5.41) is 4.27. The van der Waals surface area contributed by atoms with Crippen LogP contribution in [-0.2, 0) is 6.42 Å². The Balaban J connectivity index is 2.49. The summed E-state index contributed by atoms with van der Waals surface area (Å²) in [4.78, 5) is 4.34. The van der Waals surface area contributed by atoms with E-state index >= 15 is 0 Å². The van der Waals surface area contributed by atoms with E-state index in [9.17, 15) is 0 Å². The third-order valence-corrected chi connectivity index (χ3v) is 2.79. The molecular formula is C13H21ClN2. The lowest BCUT2D eigenvalue weighted by Crippen LogP contribution is -2.31. The minimum absolute atomic E-state index is 0.540. The van der Waals surface area contributed by atoms with Crippen LogP contribution in [0.15, 0.2) is 18.3 Å². The van der Waals surface area contributed by atoms with E-state index in [0.29, 0.717) is 11.1 Å². The molecule has 2 nitrogen and oxygen atoms in total. The van der Waals surface area contributed by atoms with E-state index < -0.39 is 0 Å². The summed E-state index contributed by atoms with van der Waals surface area (Å²) in [6.45, 7) is 5.49. The normalized spacial score (nSPS) is 12.7. The summed E-state index contributed by atoms with van der Waals surface area (Å²) in [6.07, 6.45) is 6.29. The largest absolute Gasteiger partial charge is 0.314 e. The first-order valence-corrected chi connectivity index (χ1v) is 6.47. The number of aromatic nitrogens is 1. The van der Waals surface area contributed by atoms with Crippen LogP contribution in [0.4, 0.5) is 0 Å². The van der Waals surface area contributed by atoms with E-state index in [1.165, 1.54) is 19.3 Å². The molecule has 0 aliphatic rings. The zero-order valence-corrected chi connectivity index (χ0v) is 10.9. The Morgan fingerprint density at radius 2 is 2.12 bits per heavy atom. The van der Waals surface area contributed by atoms with E-state index in [-0.39, 0.29) is 0 Å². The first kappa shape index (κ1) is 13.5. The molecule has 90 valence electrons. The Hall–Kier alpha value is -0.600. The van der Waals surface area contributed by atoms with Crippen LogP contribution < -0.4 is 5.32 Å². The van der Waals surface area contributed by atoms with Crippen LogP contribution in [0, 0.1) is 0 Å². The lowest BCUT2D eigenvalue weighted by atomic mass is 10.1. The van der Waals surface area contributed by atoms with E-state index in [2.05, 4.69) is 24.1 Å². The van der Waals surface area contributed by atoms with E-state index in [0.717, 1.165) is 18.7 Å². The summed E-state index contributed by atoms with van der Waals surface area (Å²) in [6, 6.07) is 4.46. The van der Waals surface area contributed by atoms with Crippen molar-refractivity contribution in [2.45, 2.75) is 45.6 Å². The molecule has 0 aromatic carbocycles. The third kappa shape index (κ3) is 4.95. The van der Waals surface area contributed by atoms with Gasteiger partial charge in [0.15, 0.2) is 0 Å². The lowest BCUT2D eigenvalue weighted by Gasteiger charge is -2.17. The highest BCUT2D eigenvalue weighted by molar-refractivity contribution is 6.30. The highest BCUT2D eigenvalue weighted by Crippen LogP contribution is 2.09. The van der Waals surface area contributed by atoms with Gasteiger partial charge in [-0.05, 0) is 31.5 Å². The molecule has 0 aliphatic heterocycles. The molecule has 0 spiro atoms. The Morgan fingerprint density at radius 3 is 2.69 bits per heavy atom. The van der Waals surface area contributed by atoms with E-state index in [1.807, 2.05) is 12.1 Å². The Kier molecular flexibility index (Phi) is 6.43. The Labute approximate surface area is 103 Å². The van der Waals surface area contributed by atoms with Gasteiger partial charge >= 0.3 is 0 Å². The van der Waals surface area contributed by atoms with Gasteiger partial charge in [-0.25, -0.2) is 0 Å². The minimum Gasteiger partial charge on any atom is -0.314 e. The monoisotopic (exact) mass is 240 g/mol. The first-order chi connectivity index (χ1) is 7.76. The first-order valence-electron chi connectivity index (χ1n) is 6.10. The highest BCUT2D eigenvalue weighted by Gasteiger charge is 2.08. The van der Waals surface area contributed by atoms with Crippen LogP contribution in [0.5, 0.6) is 0 Å². The molecule has 0 aliphatic carbocycles. The van der Waals surface area contributed by atoms with Crippen LogP contribution in [0.2, 0.25) is 5.02 Å². The standard InChI is InChI=1S/C13H21ClN2/c1-3-5-12(15-8-4-2)9-13-7-6-11(14)10-16-13/h6-7,10,12,15H,3-5,8-9H2,1-2H3. The number of halogens is 1. The Morgan fingerprint density at radius 1 is 1.31 bits per heavy atom. The molecule has 0 saturated carbocycles. The SMILES string of the molecule is CCCNC(CCC)Cc1ccc(Cl)cn1. The molecule has 0 fully saturated rings. The van der Waals surface area contributed by atoms with Crippen molar-refractivity contribution in [2.75, 3.05) is 6.54 Å². The second kappa shape index (κ2) is 7.64. The van der Waals surface area contributed by atoms with Gasteiger partial charge < -0.3 is 5.32 Å². The van der Waals surface area contributed by atoms with Crippen LogP contribution in [-0.4, -0.2) is 17.6 Å². The molecule has 0 radical (unpaired) electrons. The van der Waals surface area contributed by atoms with Gasteiger partial charge in [-0.1, -0.05) is 31.9 Å². The number of nitrogens with zero attached hydrogens (tertiary/aromatic N) is 1. The van der Waals surface area contributed by atoms with Crippen molar-refractivity contribution in [1.29, 1.82) is 0 Å². The second-order valence-electron chi connectivity index (χ2n) is 4.11. The van der Waals surface area contributed by atoms with Crippen molar-refractivity contribution in [3.05, 3.63) is 29.0 Å². The minimum atomic E-state index is 0.540. The van der Waals surface area contributed by atoms with Crippen molar-refractivity contribution in [1.82, 2.24) is 10.3 Å². The molecule has 0 amide bonds. The van der Waals surface area contributed by atoms with E-state index in [4.69, 9.17) is 11.6 Å². The summed E-state index contributed by atoms with van der Waals surface area (Å²) >= 11 is 5.81. The topological polar surface area (TPSA) is 24.9 Å². The van der Waals surface area contributed by atoms with Gasteiger partial charge in [-0.3, -0.25) is 4.98 Å². The predicted molar refractivity (Wildman–Crippen MR) is 69.9 cm³/mol. The summed E-state index contributed by atoms with van der Waals surface area (Å²) < 4.78 is 0. The summed E-state index contributed by atoms with van der Waals surface area (Å²) in [5.74, 6) is 0. The lowest BCUT2D eigenvalue weighted by molar-refractivity contribution is 0.469. The van der Waals surface area contributed by atoms with Gasteiger partial charge in [-0.15, -0.1) is 0 Å². The van der Waals surface area contributed by atoms with Crippen molar-refractivity contribution in [3.8, 4) is 0 Å². The molecule has 1 aromatic rings. The number of hydrogen-bond acceptors (Lipinski definition) is 2.